The number of rotatable bonds is 7. The van der Waals surface area contributed by atoms with E-state index in [1.54, 1.807) is 7.05 Å². The molecule has 0 unspecified atom stereocenters. The maximum atomic E-state index is 10.7. The maximum Gasteiger partial charge on any atom is 0.278 e. The summed E-state index contributed by atoms with van der Waals surface area (Å²) in [6, 6.07) is 0. The number of amides is 1. The van der Waals surface area contributed by atoms with Gasteiger partial charge in [-0.05, 0) is 18.8 Å². The second-order valence-corrected chi connectivity index (χ2v) is 4.24. The molecular weight excluding hydrogens is 198 g/mol. The molecule has 3 nitrogen and oxygen atoms in total. The van der Waals surface area contributed by atoms with Crippen LogP contribution in [0.4, 0.5) is 4.79 Å². The van der Waals surface area contributed by atoms with Crippen molar-refractivity contribution in [1.82, 2.24) is 4.90 Å². The van der Waals surface area contributed by atoms with E-state index in [2.05, 4.69) is 26.5 Å². The lowest BCUT2D eigenvalue weighted by Crippen LogP contribution is -2.25. The van der Waals surface area contributed by atoms with Gasteiger partial charge in [0.25, 0.3) is 5.24 Å². The van der Waals surface area contributed by atoms with Crippen molar-refractivity contribution in [2.45, 2.75) is 26.7 Å². The minimum absolute atomic E-state index is 0.212. The number of nitrogens with zero attached hydrogens (tertiary/aromatic N) is 1. The summed E-state index contributed by atoms with van der Waals surface area (Å²) in [5.41, 5.74) is 0. The predicted molar refractivity (Wildman–Crippen MR) is 61.9 cm³/mol. The molecular formula is C10H21NO2S. The number of hydrogen-bond donors (Lipinski definition) is 1. The van der Waals surface area contributed by atoms with Crippen molar-refractivity contribution < 1.29 is 9.53 Å². The fraction of sp³-hybridized carbons (Fsp3) is 0.900. The third-order valence-corrected chi connectivity index (χ3v) is 2.31. The molecule has 0 saturated heterocycles. The third-order valence-electron chi connectivity index (χ3n) is 1.97. The number of ether oxygens (including phenoxy) is 1. The second kappa shape index (κ2) is 8.12. The highest BCUT2D eigenvalue weighted by Crippen LogP contribution is 2.03. The van der Waals surface area contributed by atoms with E-state index in [4.69, 9.17) is 4.74 Å². The van der Waals surface area contributed by atoms with Crippen molar-refractivity contribution in [3.63, 3.8) is 0 Å². The summed E-state index contributed by atoms with van der Waals surface area (Å²) in [5.74, 6) is 0.736. The van der Waals surface area contributed by atoms with Gasteiger partial charge in [-0.1, -0.05) is 26.5 Å². The fourth-order valence-corrected chi connectivity index (χ4v) is 1.09. The Morgan fingerprint density at radius 1 is 1.43 bits per heavy atom. The summed E-state index contributed by atoms with van der Waals surface area (Å²) in [7, 11) is 1.72. The van der Waals surface area contributed by atoms with E-state index in [1.807, 2.05) is 0 Å². The summed E-state index contributed by atoms with van der Waals surface area (Å²) in [5, 5.41) is -0.212. The number of likely N-dealkylation sites (N-methyl/N-ethyl adjacent to an activating group) is 1. The average molecular weight is 219 g/mol. The summed E-state index contributed by atoms with van der Waals surface area (Å²) in [4.78, 5) is 12.2. The van der Waals surface area contributed by atoms with Crippen LogP contribution in [0, 0.1) is 5.92 Å². The zero-order valence-electron chi connectivity index (χ0n) is 9.32. The highest BCUT2D eigenvalue weighted by molar-refractivity contribution is 7.96. The summed E-state index contributed by atoms with van der Waals surface area (Å²) in [6.45, 7) is 6.40. The Balaban J connectivity index is 3.17. The van der Waals surface area contributed by atoms with Crippen molar-refractivity contribution in [1.29, 1.82) is 0 Å². The van der Waals surface area contributed by atoms with Gasteiger partial charge in [-0.3, -0.25) is 4.79 Å². The lowest BCUT2D eigenvalue weighted by molar-refractivity contribution is 0.114. The average Bonchev–Trinajstić information content (AvgIpc) is 2.09. The quantitative estimate of drug-likeness (QED) is 0.526. The van der Waals surface area contributed by atoms with Crippen molar-refractivity contribution in [2.24, 2.45) is 5.92 Å². The maximum absolute atomic E-state index is 10.7. The van der Waals surface area contributed by atoms with Crippen LogP contribution >= 0.6 is 12.6 Å². The van der Waals surface area contributed by atoms with Gasteiger partial charge in [-0.2, -0.15) is 0 Å². The first-order valence-corrected chi connectivity index (χ1v) is 5.50. The Hall–Kier alpha value is -0.220. The molecule has 0 radical (unpaired) electrons. The summed E-state index contributed by atoms with van der Waals surface area (Å²) >= 11 is 3.69. The Bertz CT molecular complexity index is 162. The van der Waals surface area contributed by atoms with Gasteiger partial charge < -0.3 is 9.64 Å². The Labute approximate surface area is 92.2 Å². The van der Waals surface area contributed by atoms with Crippen LogP contribution < -0.4 is 0 Å². The number of carbonyl (C=O) groups is 1. The molecule has 0 aromatic rings. The van der Waals surface area contributed by atoms with E-state index in [0.29, 0.717) is 13.2 Å². The minimum Gasteiger partial charge on any atom is -0.380 e. The molecule has 14 heavy (non-hydrogen) atoms. The van der Waals surface area contributed by atoms with Crippen LogP contribution in [0.25, 0.3) is 0 Å². The third kappa shape index (κ3) is 8.38. The molecule has 0 aliphatic rings. The predicted octanol–water partition coefficient (Wildman–Crippen LogP) is 2.42. The normalized spacial score (nSPS) is 10.6. The highest BCUT2D eigenvalue weighted by atomic mass is 32.1. The number of hydrogen-bond acceptors (Lipinski definition) is 2. The van der Waals surface area contributed by atoms with E-state index >= 15 is 0 Å². The van der Waals surface area contributed by atoms with Crippen LogP contribution in [0.5, 0.6) is 0 Å². The van der Waals surface area contributed by atoms with Crippen LogP contribution in [0.1, 0.15) is 26.7 Å². The zero-order valence-corrected chi connectivity index (χ0v) is 10.2. The van der Waals surface area contributed by atoms with Gasteiger partial charge in [0.2, 0.25) is 0 Å². The van der Waals surface area contributed by atoms with Crippen molar-refractivity contribution in [2.75, 3.05) is 26.8 Å². The fourth-order valence-electron chi connectivity index (χ4n) is 0.993. The van der Waals surface area contributed by atoms with E-state index in [0.717, 1.165) is 18.9 Å². The van der Waals surface area contributed by atoms with Crippen LogP contribution in [0.15, 0.2) is 0 Å². The van der Waals surface area contributed by atoms with Gasteiger partial charge in [0.1, 0.15) is 0 Å². The van der Waals surface area contributed by atoms with Crippen molar-refractivity contribution in [3.8, 4) is 0 Å². The molecule has 0 aromatic carbocycles. The molecule has 0 spiro atoms. The molecule has 0 bridgehead atoms. The molecule has 0 rings (SSSR count). The molecule has 84 valence electrons. The minimum atomic E-state index is -0.212. The van der Waals surface area contributed by atoms with Crippen LogP contribution in [-0.2, 0) is 4.74 Å². The van der Waals surface area contributed by atoms with Gasteiger partial charge >= 0.3 is 0 Å². The first-order chi connectivity index (χ1) is 6.54. The van der Waals surface area contributed by atoms with Gasteiger partial charge in [-0.25, -0.2) is 0 Å². The van der Waals surface area contributed by atoms with Crippen molar-refractivity contribution >= 4 is 17.9 Å². The first kappa shape index (κ1) is 13.8. The number of carbonyl (C=O) groups excluding carboxylic acids is 1. The zero-order chi connectivity index (χ0) is 11.0. The molecule has 0 heterocycles. The topological polar surface area (TPSA) is 29.5 Å². The van der Waals surface area contributed by atoms with Crippen LogP contribution in [0.2, 0.25) is 0 Å². The number of thiol groups is 1. The smallest absolute Gasteiger partial charge is 0.278 e. The van der Waals surface area contributed by atoms with Gasteiger partial charge in [0.15, 0.2) is 0 Å². The summed E-state index contributed by atoms with van der Waals surface area (Å²) in [6.07, 6.45) is 2.29. The molecule has 0 aromatic heterocycles. The molecule has 0 N–H and O–H groups in total. The Kier molecular flexibility index (Phi) is 7.99. The van der Waals surface area contributed by atoms with Gasteiger partial charge in [0.05, 0.1) is 6.61 Å². The van der Waals surface area contributed by atoms with E-state index in [9.17, 15) is 4.79 Å². The molecule has 0 fully saturated rings. The SMILES string of the molecule is CC(C)CCCOCCN(C)C(=O)S. The summed E-state index contributed by atoms with van der Waals surface area (Å²) < 4.78 is 5.38. The molecule has 0 atom stereocenters. The van der Waals surface area contributed by atoms with Crippen LogP contribution in [0.3, 0.4) is 0 Å². The molecule has 0 saturated carbocycles. The highest BCUT2D eigenvalue weighted by Gasteiger charge is 2.01. The molecule has 4 heteroatoms. The standard InChI is InChI=1S/C10H21NO2S/c1-9(2)5-4-7-13-8-6-11(3)10(12)14/h9H,4-8H2,1-3H3,(H,12,14). The molecule has 0 aliphatic heterocycles. The van der Waals surface area contributed by atoms with Gasteiger partial charge in [-0.15, -0.1) is 0 Å². The van der Waals surface area contributed by atoms with E-state index in [1.165, 1.54) is 11.3 Å². The van der Waals surface area contributed by atoms with E-state index in [-0.39, 0.29) is 5.24 Å². The lowest BCUT2D eigenvalue weighted by Gasteiger charge is -2.13. The van der Waals surface area contributed by atoms with Crippen molar-refractivity contribution in [3.05, 3.63) is 0 Å². The second-order valence-electron chi connectivity index (χ2n) is 3.85. The monoisotopic (exact) mass is 219 g/mol. The van der Waals surface area contributed by atoms with Gasteiger partial charge in [0, 0.05) is 20.2 Å². The first-order valence-electron chi connectivity index (χ1n) is 5.06. The molecule has 1 amide bonds. The lowest BCUT2D eigenvalue weighted by atomic mass is 10.1. The Morgan fingerprint density at radius 2 is 2.07 bits per heavy atom. The van der Waals surface area contributed by atoms with Crippen LogP contribution in [-0.4, -0.2) is 36.9 Å². The Morgan fingerprint density at radius 3 is 2.57 bits per heavy atom. The van der Waals surface area contributed by atoms with E-state index < -0.39 is 0 Å². The largest absolute Gasteiger partial charge is 0.380 e. The molecule has 0 aliphatic carbocycles.